The minimum absolute atomic E-state index is 0.774. The third kappa shape index (κ3) is 1.99. The summed E-state index contributed by atoms with van der Waals surface area (Å²) in [4.78, 5) is 20.5. The Kier molecular flexibility index (Phi) is 2.80. The molecule has 1 aliphatic heterocycles. The highest BCUT2D eigenvalue weighted by atomic mass is 16.1. The summed E-state index contributed by atoms with van der Waals surface area (Å²) < 4.78 is 0. The topological polar surface area (TPSA) is 41.8 Å². The van der Waals surface area contributed by atoms with Gasteiger partial charge in [-0.1, -0.05) is 48.5 Å². The zero-order valence-electron chi connectivity index (χ0n) is 10.2. The molecule has 1 atom stereocenters. The van der Waals surface area contributed by atoms with Crippen LogP contribution in [-0.2, 0) is 10.3 Å². The lowest BCUT2D eigenvalue weighted by Gasteiger charge is -2.18. The molecule has 3 nitrogen and oxygen atoms in total. The van der Waals surface area contributed by atoms with E-state index in [0.717, 1.165) is 22.4 Å². The first-order chi connectivity index (χ1) is 9.34. The van der Waals surface area contributed by atoms with Crippen LogP contribution >= 0.6 is 0 Å². The van der Waals surface area contributed by atoms with Gasteiger partial charge in [-0.3, -0.25) is 14.8 Å². The molecule has 0 fully saturated rings. The van der Waals surface area contributed by atoms with Crippen LogP contribution < -0.4 is 10.6 Å². The maximum Gasteiger partial charge on any atom is 0.176 e. The Balaban J connectivity index is 2.30. The summed E-state index contributed by atoms with van der Waals surface area (Å²) in [5, 5.41) is 1.69. The Morgan fingerprint density at radius 3 is 2.47 bits per heavy atom. The smallest absolute Gasteiger partial charge is 0.176 e. The molecule has 3 rings (SSSR count). The van der Waals surface area contributed by atoms with E-state index in [1.54, 1.807) is 12.4 Å². The number of rotatable bonds is 2. The number of carbonyl (C=O) groups excluding carboxylic acids is 1. The summed E-state index contributed by atoms with van der Waals surface area (Å²) in [7, 11) is 0. The Morgan fingerprint density at radius 1 is 0.947 bits per heavy atom. The quantitative estimate of drug-likeness (QED) is 0.737. The van der Waals surface area contributed by atoms with E-state index in [2.05, 4.69) is 9.98 Å². The van der Waals surface area contributed by atoms with Crippen LogP contribution in [0.1, 0.15) is 5.56 Å². The number of aliphatic imine (C=N–C) groups is 1. The van der Waals surface area contributed by atoms with Gasteiger partial charge in [0.15, 0.2) is 11.8 Å². The fraction of sp³-hybridized carbons (Fsp3) is 0.0625. The first kappa shape index (κ1) is 11.5. The normalized spacial score (nSPS) is 20.6. The van der Waals surface area contributed by atoms with E-state index < -0.39 is 5.54 Å². The third-order valence-electron chi connectivity index (χ3n) is 3.14. The number of hydrogen-bond donors (Lipinski definition) is 0. The van der Waals surface area contributed by atoms with Gasteiger partial charge in [-0.05, 0) is 11.6 Å². The van der Waals surface area contributed by atoms with Gasteiger partial charge < -0.3 is 0 Å². The zero-order valence-corrected chi connectivity index (χ0v) is 10.2. The van der Waals surface area contributed by atoms with Gasteiger partial charge in [0.2, 0.25) is 0 Å². The summed E-state index contributed by atoms with van der Waals surface area (Å²) in [6.45, 7) is 0. The minimum atomic E-state index is -1.04. The van der Waals surface area contributed by atoms with Crippen molar-refractivity contribution in [3.63, 3.8) is 0 Å². The molecular weight excluding hydrogens is 236 g/mol. The monoisotopic (exact) mass is 248 g/mol. The second kappa shape index (κ2) is 4.61. The lowest BCUT2D eigenvalue weighted by Crippen LogP contribution is -2.33. The largest absolute Gasteiger partial charge is 0.300 e. The lowest BCUT2D eigenvalue weighted by molar-refractivity contribution is -0.110. The third-order valence-corrected chi connectivity index (χ3v) is 3.14. The van der Waals surface area contributed by atoms with Crippen molar-refractivity contribution in [2.45, 2.75) is 5.54 Å². The Bertz CT molecular complexity index is 750. The van der Waals surface area contributed by atoms with Crippen LogP contribution in [-0.4, -0.2) is 12.5 Å². The summed E-state index contributed by atoms with van der Waals surface area (Å²) in [6, 6.07) is 17.1. The molecule has 0 N–H and O–H groups in total. The minimum Gasteiger partial charge on any atom is -0.300 e. The van der Waals surface area contributed by atoms with E-state index in [4.69, 9.17) is 0 Å². The molecule has 0 radical (unpaired) electrons. The highest BCUT2D eigenvalue weighted by Crippen LogP contribution is 2.21. The van der Waals surface area contributed by atoms with E-state index >= 15 is 0 Å². The van der Waals surface area contributed by atoms with Crippen molar-refractivity contribution in [2.75, 3.05) is 0 Å². The number of carbonyl (C=O) groups is 1. The molecule has 0 saturated heterocycles. The molecule has 0 amide bonds. The molecule has 2 aromatic carbocycles. The number of hydrogen-bond acceptors (Lipinski definition) is 3. The number of nitrogens with zero attached hydrogens (tertiary/aromatic N) is 2. The van der Waals surface area contributed by atoms with Gasteiger partial charge in [-0.25, -0.2) is 0 Å². The van der Waals surface area contributed by atoms with Crippen LogP contribution in [0, 0.1) is 0 Å². The van der Waals surface area contributed by atoms with Crippen LogP contribution in [0.5, 0.6) is 0 Å². The molecule has 92 valence electrons. The van der Waals surface area contributed by atoms with Crippen molar-refractivity contribution in [1.29, 1.82) is 0 Å². The van der Waals surface area contributed by atoms with Crippen LogP contribution in [0.25, 0.3) is 6.20 Å². The van der Waals surface area contributed by atoms with Crippen molar-refractivity contribution in [2.24, 2.45) is 9.98 Å². The van der Waals surface area contributed by atoms with Crippen molar-refractivity contribution in [1.82, 2.24) is 0 Å². The van der Waals surface area contributed by atoms with Crippen molar-refractivity contribution >= 4 is 18.7 Å². The molecule has 0 aromatic heterocycles. The van der Waals surface area contributed by atoms with Gasteiger partial charge in [-0.15, -0.1) is 0 Å². The standard InChI is InChI=1S/C16H12N2O/c19-12-16(14-7-2-1-3-8-14)11-17-10-13-6-4-5-9-15(13)18-16/h1-12H. The van der Waals surface area contributed by atoms with E-state index in [-0.39, 0.29) is 0 Å². The van der Waals surface area contributed by atoms with Crippen LogP contribution in [0.2, 0.25) is 0 Å². The first-order valence-corrected chi connectivity index (χ1v) is 6.05. The second-order valence-electron chi connectivity index (χ2n) is 4.39. The fourth-order valence-electron chi connectivity index (χ4n) is 2.13. The highest BCUT2D eigenvalue weighted by Gasteiger charge is 2.29. The number of fused-ring (bicyclic) bond motifs is 1. The average Bonchev–Trinajstić information content (AvgIpc) is 2.68. The van der Waals surface area contributed by atoms with Gasteiger partial charge in [0.25, 0.3) is 0 Å². The maximum atomic E-state index is 11.6. The maximum absolute atomic E-state index is 11.6. The van der Waals surface area contributed by atoms with E-state index in [0.29, 0.717) is 0 Å². The van der Waals surface area contributed by atoms with E-state index in [1.807, 2.05) is 54.6 Å². The predicted molar refractivity (Wildman–Crippen MR) is 74.4 cm³/mol. The fourth-order valence-corrected chi connectivity index (χ4v) is 2.13. The molecule has 0 bridgehead atoms. The van der Waals surface area contributed by atoms with Gasteiger partial charge in [0, 0.05) is 17.6 Å². The predicted octanol–water partition coefficient (Wildman–Crippen LogP) is 1.22. The number of benzene rings is 2. The highest BCUT2D eigenvalue weighted by molar-refractivity contribution is 5.94. The number of para-hydroxylation sites is 1. The van der Waals surface area contributed by atoms with Crippen LogP contribution in [0.15, 0.2) is 64.6 Å². The average molecular weight is 248 g/mol. The SMILES string of the molecule is O=CC1(c2ccccc2)C=NC=c2ccccc2=N1. The van der Waals surface area contributed by atoms with Gasteiger partial charge in [-0.2, -0.15) is 0 Å². The molecular formula is C16H12N2O. The van der Waals surface area contributed by atoms with Crippen LogP contribution in [0.4, 0.5) is 0 Å². The second-order valence-corrected chi connectivity index (χ2v) is 4.39. The lowest BCUT2D eigenvalue weighted by atomic mass is 9.93. The summed E-state index contributed by atoms with van der Waals surface area (Å²) >= 11 is 0. The molecule has 2 aromatic rings. The molecule has 0 saturated carbocycles. The molecule has 1 heterocycles. The summed E-state index contributed by atoms with van der Waals surface area (Å²) in [5.41, 5.74) is -0.219. The summed E-state index contributed by atoms with van der Waals surface area (Å²) in [5.74, 6) is 0. The van der Waals surface area contributed by atoms with Gasteiger partial charge in [0.1, 0.15) is 0 Å². The Hall–Kier alpha value is -2.55. The van der Waals surface area contributed by atoms with E-state index in [9.17, 15) is 4.79 Å². The van der Waals surface area contributed by atoms with Gasteiger partial charge in [0.05, 0.1) is 5.36 Å². The first-order valence-electron chi connectivity index (χ1n) is 6.05. The van der Waals surface area contributed by atoms with Crippen molar-refractivity contribution in [3.05, 3.63) is 70.7 Å². The van der Waals surface area contributed by atoms with E-state index in [1.165, 1.54) is 0 Å². The Morgan fingerprint density at radius 2 is 1.68 bits per heavy atom. The number of aldehydes is 1. The van der Waals surface area contributed by atoms with Crippen molar-refractivity contribution in [3.8, 4) is 0 Å². The zero-order chi connectivity index (χ0) is 13.1. The molecule has 1 unspecified atom stereocenters. The molecule has 0 spiro atoms. The molecule has 0 aliphatic carbocycles. The van der Waals surface area contributed by atoms with Gasteiger partial charge >= 0.3 is 0 Å². The van der Waals surface area contributed by atoms with Crippen molar-refractivity contribution < 1.29 is 4.79 Å². The molecule has 3 heteroatoms. The molecule has 1 aliphatic rings. The van der Waals surface area contributed by atoms with Crippen LogP contribution in [0.3, 0.4) is 0 Å². The molecule has 19 heavy (non-hydrogen) atoms. The summed E-state index contributed by atoms with van der Waals surface area (Å²) in [6.07, 6.45) is 4.16. The Labute approximate surface area is 110 Å².